The maximum Gasteiger partial charge on any atom is 0.213 e. The first-order valence-electron chi connectivity index (χ1n) is 18.7. The number of aromatic nitrogens is 7. The SMILES string of the molecule is Cc1cc(C#CCNc2ccccc2C2CC[C@H](Cn3cc(-c4cc(C#CC5CC5)ccc4Cl)nn3)OC2)ccc1-c1cn(CCOc2ccccn2)nn1. The molecular weight excluding hydrogens is 708 g/mol. The van der Waals surface area contributed by atoms with Gasteiger partial charge in [0.25, 0.3) is 0 Å². The van der Waals surface area contributed by atoms with Crippen molar-refractivity contribution in [2.75, 3.05) is 25.1 Å². The second kappa shape index (κ2) is 17.0. The Morgan fingerprint density at radius 1 is 0.855 bits per heavy atom. The van der Waals surface area contributed by atoms with Crippen molar-refractivity contribution in [3.8, 4) is 52.1 Å². The highest BCUT2D eigenvalue weighted by molar-refractivity contribution is 6.33. The zero-order valence-electron chi connectivity index (χ0n) is 30.7. The van der Waals surface area contributed by atoms with Crippen molar-refractivity contribution in [1.29, 1.82) is 0 Å². The van der Waals surface area contributed by atoms with Crippen molar-refractivity contribution in [2.24, 2.45) is 5.92 Å². The molecule has 3 aromatic carbocycles. The molecule has 1 aliphatic heterocycles. The number of halogens is 1. The molecule has 6 aromatic rings. The van der Waals surface area contributed by atoms with Gasteiger partial charge >= 0.3 is 0 Å². The van der Waals surface area contributed by atoms with Crippen LogP contribution in [0.5, 0.6) is 5.88 Å². The van der Waals surface area contributed by atoms with Gasteiger partial charge < -0.3 is 14.8 Å². The molecule has 1 unspecified atom stereocenters. The first kappa shape index (κ1) is 36.1. The van der Waals surface area contributed by atoms with Crippen LogP contribution in [-0.4, -0.2) is 60.8 Å². The molecule has 10 nitrogen and oxygen atoms in total. The molecule has 2 fully saturated rings. The Bertz CT molecular complexity index is 2370. The number of ether oxygens (including phenoxy) is 2. The molecule has 0 bridgehead atoms. The molecule has 3 aromatic heterocycles. The Labute approximate surface area is 326 Å². The summed E-state index contributed by atoms with van der Waals surface area (Å²) >= 11 is 6.55. The largest absolute Gasteiger partial charge is 0.476 e. The lowest BCUT2D eigenvalue weighted by Gasteiger charge is -2.30. The van der Waals surface area contributed by atoms with E-state index >= 15 is 0 Å². The van der Waals surface area contributed by atoms with E-state index in [9.17, 15) is 0 Å². The molecule has 0 amide bonds. The van der Waals surface area contributed by atoms with Gasteiger partial charge in [-0.1, -0.05) is 76.0 Å². The highest BCUT2D eigenvalue weighted by Crippen LogP contribution is 2.34. The van der Waals surface area contributed by atoms with Crippen molar-refractivity contribution in [2.45, 2.75) is 57.7 Å². The minimum atomic E-state index is 0.0575. The predicted octanol–water partition coefficient (Wildman–Crippen LogP) is 7.83. The maximum absolute atomic E-state index is 6.55. The number of hydrogen-bond donors (Lipinski definition) is 1. The number of rotatable bonds is 11. The van der Waals surface area contributed by atoms with Crippen LogP contribution in [0.4, 0.5) is 5.69 Å². The van der Waals surface area contributed by atoms with Gasteiger partial charge in [-0.3, -0.25) is 0 Å². The third kappa shape index (κ3) is 9.42. The van der Waals surface area contributed by atoms with E-state index < -0.39 is 0 Å². The Hall–Kier alpha value is -5.94. The van der Waals surface area contributed by atoms with Gasteiger partial charge in [-0.2, -0.15) is 0 Å². The van der Waals surface area contributed by atoms with Gasteiger partial charge in [0.05, 0.1) is 49.8 Å². The average molecular weight is 749 g/mol. The Morgan fingerprint density at radius 3 is 2.47 bits per heavy atom. The Balaban J connectivity index is 0.818. The van der Waals surface area contributed by atoms with Crippen molar-refractivity contribution in [3.63, 3.8) is 0 Å². The van der Waals surface area contributed by atoms with Crippen molar-refractivity contribution in [1.82, 2.24) is 35.0 Å². The smallest absolute Gasteiger partial charge is 0.213 e. The summed E-state index contributed by atoms with van der Waals surface area (Å²) in [4.78, 5) is 4.18. The van der Waals surface area contributed by atoms with Gasteiger partial charge in [0.2, 0.25) is 5.88 Å². The Morgan fingerprint density at radius 2 is 1.65 bits per heavy atom. The molecule has 8 rings (SSSR count). The van der Waals surface area contributed by atoms with Gasteiger partial charge in [-0.25, -0.2) is 14.3 Å². The third-order valence-corrected chi connectivity index (χ3v) is 10.1. The molecule has 1 saturated heterocycles. The molecule has 0 radical (unpaired) electrons. The van der Waals surface area contributed by atoms with E-state index in [1.165, 1.54) is 18.4 Å². The fourth-order valence-electron chi connectivity index (χ4n) is 6.66. The second-order valence-electron chi connectivity index (χ2n) is 13.9. The summed E-state index contributed by atoms with van der Waals surface area (Å²) in [6.07, 6.45) is 9.98. The first-order chi connectivity index (χ1) is 27.0. The van der Waals surface area contributed by atoms with Crippen LogP contribution in [0.1, 0.15) is 53.9 Å². The van der Waals surface area contributed by atoms with Gasteiger partial charge in [0.15, 0.2) is 0 Å². The monoisotopic (exact) mass is 748 g/mol. The number of para-hydroxylation sites is 1. The summed E-state index contributed by atoms with van der Waals surface area (Å²) in [5, 5.41) is 21.7. The lowest BCUT2D eigenvalue weighted by molar-refractivity contribution is -0.00770. The molecule has 2 atom stereocenters. The molecule has 4 heterocycles. The summed E-state index contributed by atoms with van der Waals surface area (Å²) in [5.74, 6) is 14.6. The lowest BCUT2D eigenvalue weighted by atomic mass is 9.90. The first-order valence-corrected chi connectivity index (χ1v) is 19.1. The molecule has 1 saturated carbocycles. The van der Waals surface area contributed by atoms with Crippen LogP contribution in [0.3, 0.4) is 0 Å². The number of nitrogens with zero attached hydrogens (tertiary/aromatic N) is 7. The van der Waals surface area contributed by atoms with E-state index in [1.54, 1.807) is 10.9 Å². The normalized spacial score (nSPS) is 16.4. The van der Waals surface area contributed by atoms with Crippen molar-refractivity contribution < 1.29 is 9.47 Å². The fraction of sp³-hybridized carbons (Fsp3) is 0.295. The molecule has 1 N–H and O–H groups in total. The van der Waals surface area contributed by atoms with E-state index in [0.29, 0.717) is 55.6 Å². The molecule has 2 aliphatic rings. The Kier molecular flexibility index (Phi) is 11.2. The molecule has 11 heteroatoms. The predicted molar refractivity (Wildman–Crippen MR) is 214 cm³/mol. The highest BCUT2D eigenvalue weighted by Gasteiger charge is 2.25. The second-order valence-corrected chi connectivity index (χ2v) is 14.4. The number of anilines is 1. The zero-order chi connectivity index (χ0) is 37.4. The topological polar surface area (TPSA) is 105 Å². The van der Waals surface area contributed by atoms with Crippen molar-refractivity contribution >= 4 is 17.3 Å². The quantitative estimate of drug-likeness (QED) is 0.134. The fourth-order valence-corrected chi connectivity index (χ4v) is 6.88. The highest BCUT2D eigenvalue weighted by atomic mass is 35.5. The van der Waals surface area contributed by atoms with E-state index in [1.807, 2.05) is 59.5 Å². The number of nitrogens with one attached hydrogen (secondary N) is 1. The van der Waals surface area contributed by atoms with Crippen LogP contribution < -0.4 is 10.1 Å². The van der Waals surface area contributed by atoms with E-state index in [2.05, 4.69) is 97.9 Å². The van der Waals surface area contributed by atoms with Crippen LogP contribution in [-0.2, 0) is 17.8 Å². The van der Waals surface area contributed by atoms with Gasteiger partial charge in [0.1, 0.15) is 18.0 Å². The number of benzene rings is 3. The average Bonchev–Trinajstić information content (AvgIpc) is 3.74. The molecule has 276 valence electrons. The molecule has 55 heavy (non-hydrogen) atoms. The van der Waals surface area contributed by atoms with Gasteiger partial charge in [0, 0.05) is 52.0 Å². The number of aryl methyl sites for hydroxylation is 1. The van der Waals surface area contributed by atoms with Crippen molar-refractivity contribution in [3.05, 3.63) is 125 Å². The number of pyridine rings is 1. The van der Waals surface area contributed by atoms with E-state index in [4.69, 9.17) is 21.1 Å². The number of hydrogen-bond acceptors (Lipinski definition) is 8. The van der Waals surface area contributed by atoms with Crippen LogP contribution in [0, 0.1) is 36.5 Å². The van der Waals surface area contributed by atoms with Gasteiger partial charge in [-0.15, -0.1) is 10.2 Å². The third-order valence-electron chi connectivity index (χ3n) is 9.79. The summed E-state index contributed by atoms with van der Waals surface area (Å²) in [7, 11) is 0. The van der Waals surface area contributed by atoms with Crippen LogP contribution >= 0.6 is 11.6 Å². The van der Waals surface area contributed by atoms with E-state index in [0.717, 1.165) is 57.7 Å². The zero-order valence-corrected chi connectivity index (χ0v) is 31.4. The van der Waals surface area contributed by atoms with Gasteiger partial charge in [-0.05, 0) is 86.2 Å². The lowest BCUT2D eigenvalue weighted by Crippen LogP contribution is -2.29. The summed E-state index contributed by atoms with van der Waals surface area (Å²) < 4.78 is 15.7. The molecular formula is C44H41ClN8O2. The summed E-state index contributed by atoms with van der Waals surface area (Å²) in [6, 6.07) is 26.1. The molecule has 1 aliphatic carbocycles. The summed E-state index contributed by atoms with van der Waals surface area (Å²) in [6.45, 7) is 4.90. The van der Waals surface area contributed by atoms with Crippen LogP contribution in [0.15, 0.2) is 97.5 Å². The molecule has 0 spiro atoms. The van der Waals surface area contributed by atoms with E-state index in [-0.39, 0.29) is 6.10 Å². The maximum atomic E-state index is 6.55. The van der Waals surface area contributed by atoms with Crippen LogP contribution in [0.25, 0.3) is 22.5 Å². The van der Waals surface area contributed by atoms with Crippen LogP contribution in [0.2, 0.25) is 5.02 Å². The minimum Gasteiger partial charge on any atom is -0.476 e. The minimum absolute atomic E-state index is 0.0575. The summed E-state index contributed by atoms with van der Waals surface area (Å²) in [5.41, 5.74) is 8.76. The standard InChI is InChI=1S/C44H41ClN8O2/c1-31-25-33(15-19-37(31)42-28-52(50-48-42)23-24-54-44-10-4-5-21-47-44)7-6-22-46-41-9-3-2-8-38(41)35-17-18-36(55-30-35)27-53-29-43(49-51-53)39-26-34(16-20-40(39)45)14-13-32-11-12-32/h2-5,8-10,15-16,19-21,25-26,28-29,32,35-36,46H,11-12,17-18,22-24,27,30H2,1H3/t35?,36-/m1/s1.